The molecule has 1 rings (SSSR count). The number of para-hydroxylation sites is 1. The van der Waals surface area contributed by atoms with Crippen LogP contribution in [-0.2, 0) is 0 Å². The summed E-state index contributed by atoms with van der Waals surface area (Å²) in [6, 6.07) is 7.20. The van der Waals surface area contributed by atoms with Crippen LogP contribution in [0.3, 0.4) is 0 Å². The molecule has 0 heterocycles. The zero-order valence-electron chi connectivity index (χ0n) is 12.1. The van der Waals surface area contributed by atoms with Gasteiger partial charge in [-0.15, -0.1) is 0 Å². The second-order valence-electron chi connectivity index (χ2n) is 4.64. The number of carbonyl (C=O) groups is 1. The quantitative estimate of drug-likeness (QED) is 0.681. The second kappa shape index (κ2) is 9.15. The van der Waals surface area contributed by atoms with Crippen LogP contribution in [0.4, 0.5) is 0 Å². The van der Waals surface area contributed by atoms with Gasteiger partial charge in [0, 0.05) is 12.6 Å². The SMILES string of the molecule is C=CCOc1ccccc1C(=O)NC(CN)CCCC. The first kappa shape index (κ1) is 16.2. The highest BCUT2D eigenvalue weighted by Crippen LogP contribution is 2.18. The standard InChI is InChI=1S/C16H24N2O2/c1-3-5-8-13(12-17)18-16(19)14-9-6-7-10-15(14)20-11-4-2/h4,6-7,9-10,13H,2-3,5,8,11-12,17H2,1H3,(H,18,19). The Labute approximate surface area is 121 Å². The summed E-state index contributed by atoms with van der Waals surface area (Å²) in [6.45, 7) is 6.54. The van der Waals surface area contributed by atoms with Crippen molar-refractivity contribution in [1.82, 2.24) is 5.32 Å². The van der Waals surface area contributed by atoms with E-state index in [-0.39, 0.29) is 11.9 Å². The predicted molar refractivity (Wildman–Crippen MR) is 82.0 cm³/mol. The van der Waals surface area contributed by atoms with E-state index < -0.39 is 0 Å². The Morgan fingerprint density at radius 3 is 2.90 bits per heavy atom. The molecule has 0 aliphatic carbocycles. The van der Waals surface area contributed by atoms with Crippen molar-refractivity contribution in [3.8, 4) is 5.75 Å². The van der Waals surface area contributed by atoms with Gasteiger partial charge in [-0.3, -0.25) is 4.79 Å². The lowest BCUT2D eigenvalue weighted by Gasteiger charge is -2.17. The summed E-state index contributed by atoms with van der Waals surface area (Å²) < 4.78 is 5.49. The molecule has 0 saturated carbocycles. The number of amides is 1. The molecular formula is C16H24N2O2. The third kappa shape index (κ3) is 5.05. The molecule has 0 aliphatic rings. The third-order valence-electron chi connectivity index (χ3n) is 3.01. The monoisotopic (exact) mass is 276 g/mol. The molecule has 1 amide bonds. The summed E-state index contributed by atoms with van der Waals surface area (Å²) in [6.07, 6.45) is 4.69. The van der Waals surface area contributed by atoms with Gasteiger partial charge in [-0.05, 0) is 18.6 Å². The summed E-state index contributed by atoms with van der Waals surface area (Å²) in [5, 5.41) is 2.96. The van der Waals surface area contributed by atoms with Crippen molar-refractivity contribution in [2.75, 3.05) is 13.2 Å². The van der Waals surface area contributed by atoms with Crippen molar-refractivity contribution < 1.29 is 9.53 Å². The van der Waals surface area contributed by atoms with Crippen molar-refractivity contribution in [2.24, 2.45) is 5.73 Å². The van der Waals surface area contributed by atoms with Crippen molar-refractivity contribution in [3.63, 3.8) is 0 Å². The van der Waals surface area contributed by atoms with Crippen molar-refractivity contribution >= 4 is 5.91 Å². The van der Waals surface area contributed by atoms with Gasteiger partial charge in [-0.25, -0.2) is 0 Å². The molecule has 0 spiro atoms. The molecule has 3 N–H and O–H groups in total. The molecule has 1 atom stereocenters. The number of rotatable bonds is 9. The average Bonchev–Trinajstić information content (AvgIpc) is 2.49. The molecule has 0 aliphatic heterocycles. The summed E-state index contributed by atoms with van der Waals surface area (Å²) >= 11 is 0. The number of hydrogen-bond donors (Lipinski definition) is 2. The summed E-state index contributed by atoms with van der Waals surface area (Å²) in [5.41, 5.74) is 6.23. The van der Waals surface area contributed by atoms with E-state index in [1.807, 2.05) is 12.1 Å². The van der Waals surface area contributed by atoms with Crippen LogP contribution >= 0.6 is 0 Å². The van der Waals surface area contributed by atoms with Crippen LogP contribution in [0.25, 0.3) is 0 Å². The first-order valence-corrected chi connectivity index (χ1v) is 7.06. The first-order chi connectivity index (χ1) is 9.72. The Hall–Kier alpha value is -1.81. The van der Waals surface area contributed by atoms with Crippen LogP contribution in [0.1, 0.15) is 36.5 Å². The lowest BCUT2D eigenvalue weighted by molar-refractivity contribution is 0.0932. The van der Waals surface area contributed by atoms with E-state index in [0.29, 0.717) is 24.5 Å². The van der Waals surface area contributed by atoms with Crippen molar-refractivity contribution in [3.05, 3.63) is 42.5 Å². The van der Waals surface area contributed by atoms with Gasteiger partial charge in [0.1, 0.15) is 12.4 Å². The Bertz CT molecular complexity index is 432. The Balaban J connectivity index is 2.72. The van der Waals surface area contributed by atoms with E-state index in [2.05, 4.69) is 18.8 Å². The molecule has 20 heavy (non-hydrogen) atoms. The second-order valence-corrected chi connectivity index (χ2v) is 4.64. The van der Waals surface area contributed by atoms with Crippen LogP contribution < -0.4 is 15.8 Å². The molecule has 0 radical (unpaired) electrons. The number of ether oxygens (including phenoxy) is 1. The normalized spacial score (nSPS) is 11.7. The number of hydrogen-bond acceptors (Lipinski definition) is 3. The molecule has 1 aromatic carbocycles. The fraction of sp³-hybridized carbons (Fsp3) is 0.438. The molecular weight excluding hydrogens is 252 g/mol. The van der Waals surface area contributed by atoms with Gasteiger partial charge in [-0.2, -0.15) is 0 Å². The zero-order valence-corrected chi connectivity index (χ0v) is 12.1. The molecule has 4 nitrogen and oxygen atoms in total. The highest BCUT2D eigenvalue weighted by Gasteiger charge is 2.15. The number of nitrogens with two attached hydrogens (primary N) is 1. The molecule has 110 valence electrons. The smallest absolute Gasteiger partial charge is 0.255 e. The Morgan fingerprint density at radius 2 is 2.25 bits per heavy atom. The summed E-state index contributed by atoms with van der Waals surface area (Å²) in [7, 11) is 0. The summed E-state index contributed by atoms with van der Waals surface area (Å²) in [5.74, 6) is 0.423. The van der Waals surface area contributed by atoms with E-state index >= 15 is 0 Å². The fourth-order valence-electron chi connectivity index (χ4n) is 1.89. The van der Waals surface area contributed by atoms with Gasteiger partial charge in [0.2, 0.25) is 0 Å². The van der Waals surface area contributed by atoms with Crippen LogP contribution in [-0.4, -0.2) is 25.1 Å². The molecule has 0 aromatic heterocycles. The molecule has 0 fully saturated rings. The minimum atomic E-state index is -0.142. The van der Waals surface area contributed by atoms with E-state index in [0.717, 1.165) is 19.3 Å². The third-order valence-corrected chi connectivity index (χ3v) is 3.01. The number of nitrogens with one attached hydrogen (secondary N) is 1. The van der Waals surface area contributed by atoms with Crippen LogP contribution in [0.5, 0.6) is 5.75 Å². The van der Waals surface area contributed by atoms with Crippen molar-refractivity contribution in [2.45, 2.75) is 32.2 Å². The van der Waals surface area contributed by atoms with Crippen LogP contribution in [0, 0.1) is 0 Å². The van der Waals surface area contributed by atoms with Gasteiger partial charge in [-0.1, -0.05) is 44.6 Å². The number of benzene rings is 1. The lowest BCUT2D eigenvalue weighted by atomic mass is 10.1. The van der Waals surface area contributed by atoms with E-state index in [1.54, 1.807) is 18.2 Å². The Kier molecular flexibility index (Phi) is 7.43. The predicted octanol–water partition coefficient (Wildman–Crippen LogP) is 2.50. The number of unbranched alkanes of at least 4 members (excludes halogenated alkanes) is 1. The van der Waals surface area contributed by atoms with Gasteiger partial charge in [0.05, 0.1) is 5.56 Å². The van der Waals surface area contributed by atoms with Crippen molar-refractivity contribution in [1.29, 1.82) is 0 Å². The zero-order chi connectivity index (χ0) is 14.8. The topological polar surface area (TPSA) is 64.3 Å². The van der Waals surface area contributed by atoms with Crippen LogP contribution in [0.2, 0.25) is 0 Å². The highest BCUT2D eigenvalue weighted by molar-refractivity contribution is 5.97. The lowest BCUT2D eigenvalue weighted by Crippen LogP contribution is -2.40. The number of carbonyl (C=O) groups excluding carboxylic acids is 1. The maximum atomic E-state index is 12.3. The first-order valence-electron chi connectivity index (χ1n) is 7.06. The van der Waals surface area contributed by atoms with Gasteiger partial charge >= 0.3 is 0 Å². The Morgan fingerprint density at radius 1 is 1.50 bits per heavy atom. The maximum Gasteiger partial charge on any atom is 0.255 e. The molecule has 1 aromatic rings. The largest absolute Gasteiger partial charge is 0.489 e. The van der Waals surface area contributed by atoms with Gasteiger partial charge < -0.3 is 15.8 Å². The molecule has 0 saturated heterocycles. The maximum absolute atomic E-state index is 12.3. The van der Waals surface area contributed by atoms with Gasteiger partial charge in [0.25, 0.3) is 5.91 Å². The van der Waals surface area contributed by atoms with E-state index in [1.165, 1.54) is 0 Å². The minimum absolute atomic E-state index is 0.00918. The summed E-state index contributed by atoms with van der Waals surface area (Å²) in [4.78, 5) is 12.3. The van der Waals surface area contributed by atoms with E-state index in [4.69, 9.17) is 10.5 Å². The molecule has 1 unspecified atom stereocenters. The molecule has 0 bridgehead atoms. The minimum Gasteiger partial charge on any atom is -0.489 e. The van der Waals surface area contributed by atoms with Crippen LogP contribution in [0.15, 0.2) is 36.9 Å². The molecule has 4 heteroatoms. The fourth-order valence-corrected chi connectivity index (χ4v) is 1.89. The highest BCUT2D eigenvalue weighted by atomic mass is 16.5. The average molecular weight is 276 g/mol. The van der Waals surface area contributed by atoms with Gasteiger partial charge in [0.15, 0.2) is 0 Å². The van der Waals surface area contributed by atoms with E-state index in [9.17, 15) is 4.79 Å².